The van der Waals surface area contributed by atoms with Crippen molar-refractivity contribution in [2.75, 3.05) is 46.5 Å². The molecule has 2 heterocycles. The van der Waals surface area contributed by atoms with E-state index in [1.807, 2.05) is 0 Å². The predicted octanol–water partition coefficient (Wildman–Crippen LogP) is 2.33. The number of hydrogen-bond acceptors (Lipinski definition) is 6. The first-order valence-corrected chi connectivity index (χ1v) is 10.3. The van der Waals surface area contributed by atoms with Crippen LogP contribution in [-0.2, 0) is 0 Å². The molecular formula is C20H29ClN2O5. The molecule has 156 valence electrons. The highest BCUT2D eigenvalue weighted by atomic mass is 35.5. The first-order chi connectivity index (χ1) is 13.5. The van der Waals surface area contributed by atoms with Crippen LogP contribution in [0.25, 0.3) is 0 Å². The topological polar surface area (TPSA) is 80.3 Å². The molecule has 0 bridgehead atoms. The molecule has 3 rings (SSSR count). The molecule has 0 aliphatic carbocycles. The van der Waals surface area contributed by atoms with Gasteiger partial charge in [0.05, 0.1) is 23.8 Å². The van der Waals surface area contributed by atoms with Gasteiger partial charge in [0.25, 0.3) is 5.91 Å². The summed E-state index contributed by atoms with van der Waals surface area (Å²) in [6.45, 7) is 5.90. The van der Waals surface area contributed by atoms with Crippen molar-refractivity contribution in [3.8, 4) is 17.2 Å². The Morgan fingerprint density at radius 2 is 2.14 bits per heavy atom. The van der Waals surface area contributed by atoms with Gasteiger partial charge in [-0.1, -0.05) is 24.9 Å². The number of hydrogen-bond donors (Lipinski definition) is 2. The highest BCUT2D eigenvalue weighted by molar-refractivity contribution is 6.33. The zero-order valence-electron chi connectivity index (χ0n) is 16.5. The summed E-state index contributed by atoms with van der Waals surface area (Å²) >= 11 is 6.25. The fourth-order valence-electron chi connectivity index (χ4n) is 3.70. The molecule has 28 heavy (non-hydrogen) atoms. The largest absolute Gasteiger partial charge is 0.491 e. The van der Waals surface area contributed by atoms with Gasteiger partial charge in [-0.2, -0.15) is 0 Å². The molecule has 1 aromatic carbocycles. The minimum Gasteiger partial charge on any atom is -0.491 e. The molecule has 2 atom stereocenters. The number of piperidine rings is 1. The number of nitrogens with zero attached hydrogens (tertiary/aromatic N) is 1. The second kappa shape index (κ2) is 9.67. The maximum Gasteiger partial charge on any atom is 0.255 e. The van der Waals surface area contributed by atoms with Gasteiger partial charge in [0.15, 0.2) is 11.5 Å². The van der Waals surface area contributed by atoms with E-state index in [9.17, 15) is 9.90 Å². The maximum absolute atomic E-state index is 12.8. The Hall–Kier alpha value is -1.70. The van der Waals surface area contributed by atoms with Gasteiger partial charge in [0, 0.05) is 19.0 Å². The summed E-state index contributed by atoms with van der Waals surface area (Å²) in [4.78, 5) is 15.1. The third-order valence-corrected chi connectivity index (χ3v) is 5.61. The van der Waals surface area contributed by atoms with Crippen molar-refractivity contribution < 1.29 is 24.1 Å². The van der Waals surface area contributed by atoms with Gasteiger partial charge in [-0.3, -0.25) is 4.79 Å². The lowest BCUT2D eigenvalue weighted by Gasteiger charge is -2.36. The normalized spacial score (nSPS) is 22.0. The van der Waals surface area contributed by atoms with E-state index in [1.165, 1.54) is 13.2 Å². The lowest BCUT2D eigenvalue weighted by Crippen LogP contribution is -2.47. The maximum atomic E-state index is 12.8. The molecule has 0 aromatic heterocycles. The van der Waals surface area contributed by atoms with Crippen LogP contribution < -0.4 is 19.5 Å². The van der Waals surface area contributed by atoms with E-state index >= 15 is 0 Å². The van der Waals surface area contributed by atoms with Gasteiger partial charge in [0.2, 0.25) is 5.75 Å². The molecule has 2 N–H and O–H groups in total. The van der Waals surface area contributed by atoms with E-state index in [0.29, 0.717) is 54.1 Å². The Labute approximate surface area is 170 Å². The minimum absolute atomic E-state index is 0.0311. The average Bonchev–Trinajstić information content (AvgIpc) is 2.70. The van der Waals surface area contributed by atoms with Crippen molar-refractivity contribution in [2.24, 2.45) is 5.92 Å². The van der Waals surface area contributed by atoms with E-state index in [4.69, 9.17) is 25.8 Å². The number of benzene rings is 1. The van der Waals surface area contributed by atoms with Crippen molar-refractivity contribution in [1.82, 2.24) is 10.2 Å². The van der Waals surface area contributed by atoms with Crippen LogP contribution in [0.4, 0.5) is 0 Å². The first kappa shape index (κ1) is 21.0. The minimum atomic E-state index is -0.446. The molecule has 2 aliphatic heterocycles. The average molecular weight is 413 g/mol. The highest BCUT2D eigenvalue weighted by Crippen LogP contribution is 2.46. The molecule has 0 radical (unpaired) electrons. The fraction of sp³-hybridized carbons (Fsp3) is 0.650. The summed E-state index contributed by atoms with van der Waals surface area (Å²) < 4.78 is 16.5. The molecule has 1 aromatic rings. The number of carbonyl (C=O) groups is 1. The Balaban J connectivity index is 1.64. The summed E-state index contributed by atoms with van der Waals surface area (Å²) in [5.74, 6) is 0.800. The van der Waals surface area contributed by atoms with E-state index in [0.717, 1.165) is 32.4 Å². The van der Waals surface area contributed by atoms with Crippen LogP contribution in [0.2, 0.25) is 5.02 Å². The second-order valence-electron chi connectivity index (χ2n) is 7.27. The standard InChI is InChI=1S/C20H29ClN2O5/c1-3-4-6-23-7-5-13(16(24)12-23)11-22-20(25)14-10-15(21)18(26-2)19-17(14)27-8-9-28-19/h10,13,16,24H,3-9,11-12H2,1-2H3,(H,22,25)/t13-,16?/m0/s1. The predicted molar refractivity (Wildman–Crippen MR) is 107 cm³/mol. The lowest BCUT2D eigenvalue weighted by atomic mass is 9.93. The number of unbranched alkanes of at least 4 members (excludes halogenated alkanes) is 1. The quantitative estimate of drug-likeness (QED) is 0.715. The molecule has 2 aliphatic rings. The Morgan fingerprint density at radius 1 is 1.39 bits per heavy atom. The number of nitrogens with one attached hydrogen (secondary N) is 1. The van der Waals surface area contributed by atoms with Crippen molar-refractivity contribution in [3.05, 3.63) is 16.7 Å². The third-order valence-electron chi connectivity index (χ3n) is 5.33. The van der Waals surface area contributed by atoms with E-state index in [1.54, 1.807) is 0 Å². The number of aliphatic hydroxyl groups is 1. The number of halogens is 1. The summed E-state index contributed by atoms with van der Waals surface area (Å²) in [5.41, 5.74) is 0.315. The highest BCUT2D eigenvalue weighted by Gasteiger charge is 2.30. The SMILES string of the molecule is CCCCN1CC[C@@H](CNC(=O)c2cc(Cl)c(OC)c3c2OCCO3)C(O)C1. The number of ether oxygens (including phenoxy) is 3. The number of amides is 1. The Morgan fingerprint density at radius 3 is 2.82 bits per heavy atom. The number of likely N-dealkylation sites (tertiary alicyclic amines) is 1. The van der Waals surface area contributed by atoms with Crippen LogP contribution in [-0.4, -0.2) is 68.5 Å². The van der Waals surface area contributed by atoms with Crippen LogP contribution in [0.1, 0.15) is 36.5 Å². The first-order valence-electron chi connectivity index (χ1n) is 9.89. The molecule has 8 heteroatoms. The van der Waals surface area contributed by atoms with E-state index in [-0.39, 0.29) is 11.8 Å². The lowest BCUT2D eigenvalue weighted by molar-refractivity contribution is 0.0217. The molecular weight excluding hydrogens is 384 g/mol. The third kappa shape index (κ3) is 4.64. The fourth-order valence-corrected chi connectivity index (χ4v) is 3.97. The van der Waals surface area contributed by atoms with Gasteiger partial charge in [-0.25, -0.2) is 0 Å². The number of fused-ring (bicyclic) bond motifs is 1. The van der Waals surface area contributed by atoms with Gasteiger partial charge in [-0.15, -0.1) is 0 Å². The van der Waals surface area contributed by atoms with Crippen LogP contribution in [0.3, 0.4) is 0 Å². The number of carbonyl (C=O) groups excluding carboxylic acids is 1. The van der Waals surface area contributed by atoms with Crippen molar-refractivity contribution in [3.63, 3.8) is 0 Å². The van der Waals surface area contributed by atoms with Crippen molar-refractivity contribution >= 4 is 17.5 Å². The van der Waals surface area contributed by atoms with Gasteiger partial charge in [0.1, 0.15) is 13.2 Å². The van der Waals surface area contributed by atoms with Gasteiger partial charge < -0.3 is 29.5 Å². The Kier molecular flexibility index (Phi) is 7.26. The molecule has 1 saturated heterocycles. The van der Waals surface area contributed by atoms with Gasteiger partial charge in [-0.05, 0) is 32.0 Å². The molecule has 1 amide bonds. The van der Waals surface area contributed by atoms with Crippen LogP contribution >= 0.6 is 11.6 Å². The molecule has 7 nitrogen and oxygen atoms in total. The zero-order chi connectivity index (χ0) is 20.1. The zero-order valence-corrected chi connectivity index (χ0v) is 17.3. The van der Waals surface area contributed by atoms with E-state index < -0.39 is 6.10 Å². The summed E-state index contributed by atoms with van der Waals surface area (Å²) in [7, 11) is 1.49. The van der Waals surface area contributed by atoms with Crippen LogP contribution in [0, 0.1) is 5.92 Å². The smallest absolute Gasteiger partial charge is 0.255 e. The molecule has 0 spiro atoms. The Bertz CT molecular complexity index is 700. The second-order valence-corrected chi connectivity index (χ2v) is 7.68. The monoisotopic (exact) mass is 412 g/mol. The summed E-state index contributed by atoms with van der Waals surface area (Å²) in [6.07, 6.45) is 2.69. The van der Waals surface area contributed by atoms with Crippen LogP contribution in [0.15, 0.2) is 6.07 Å². The summed E-state index contributed by atoms with van der Waals surface area (Å²) in [5, 5.41) is 13.7. The molecule has 0 saturated carbocycles. The number of rotatable bonds is 7. The molecule has 1 unspecified atom stereocenters. The van der Waals surface area contributed by atoms with E-state index in [2.05, 4.69) is 17.1 Å². The number of β-amino-alcohol motifs (C(OH)–C–C–N with tert-alkyl or cyclic N) is 1. The molecule has 1 fully saturated rings. The van der Waals surface area contributed by atoms with Crippen molar-refractivity contribution in [2.45, 2.75) is 32.3 Å². The van der Waals surface area contributed by atoms with Crippen LogP contribution in [0.5, 0.6) is 17.2 Å². The summed E-state index contributed by atoms with van der Waals surface area (Å²) in [6, 6.07) is 1.53. The number of methoxy groups -OCH3 is 1. The van der Waals surface area contributed by atoms with Gasteiger partial charge >= 0.3 is 0 Å². The van der Waals surface area contributed by atoms with Crippen molar-refractivity contribution in [1.29, 1.82) is 0 Å². The number of aliphatic hydroxyl groups excluding tert-OH is 1.